The molecule has 2 aromatic rings. The number of anilines is 1. The van der Waals surface area contributed by atoms with Gasteiger partial charge in [0.2, 0.25) is 5.91 Å². The number of aromatic nitrogens is 1. The molecule has 184 valence electrons. The standard InChI is InChI=1S/C26H30FN5O3/c27-19-4-1-3-18(10-19)23(34)31-25-11-16-9-17(12-25)14-26(13-16,15-25)32-24(35)20-5-2-6-22(30-20)29-8-7-21(28)33/h1-6,10,16-17H,7-9,11-15H2,(H2,28,33)(H,29,30)(H,31,34)(H,32,35). The molecule has 3 amide bonds. The van der Waals surface area contributed by atoms with Gasteiger partial charge in [-0.2, -0.15) is 0 Å². The molecule has 1 aromatic carbocycles. The zero-order valence-electron chi connectivity index (χ0n) is 19.5. The lowest BCUT2D eigenvalue weighted by molar-refractivity contribution is -0.117. The highest BCUT2D eigenvalue weighted by Gasteiger charge is 2.58. The molecule has 4 aliphatic carbocycles. The molecule has 0 saturated heterocycles. The van der Waals surface area contributed by atoms with Gasteiger partial charge in [0.15, 0.2) is 0 Å². The van der Waals surface area contributed by atoms with Crippen LogP contribution in [0.3, 0.4) is 0 Å². The minimum atomic E-state index is -0.439. The topological polar surface area (TPSA) is 126 Å². The first-order chi connectivity index (χ1) is 16.7. The summed E-state index contributed by atoms with van der Waals surface area (Å²) in [4.78, 5) is 41.6. The Morgan fingerprint density at radius 3 is 2.29 bits per heavy atom. The van der Waals surface area contributed by atoms with Gasteiger partial charge in [0, 0.05) is 29.6 Å². The van der Waals surface area contributed by atoms with E-state index in [2.05, 4.69) is 20.9 Å². The van der Waals surface area contributed by atoms with Crippen molar-refractivity contribution in [3.8, 4) is 0 Å². The molecule has 4 saturated carbocycles. The van der Waals surface area contributed by atoms with E-state index < -0.39 is 22.8 Å². The number of carbonyl (C=O) groups excluding carboxylic acids is 3. The second-order valence-electron chi connectivity index (χ2n) is 10.5. The molecule has 4 aliphatic rings. The molecule has 9 heteroatoms. The number of halogens is 1. The maximum Gasteiger partial charge on any atom is 0.270 e. The molecule has 0 radical (unpaired) electrons. The molecule has 8 nitrogen and oxygen atoms in total. The van der Waals surface area contributed by atoms with Crippen molar-refractivity contribution in [2.24, 2.45) is 17.6 Å². The highest BCUT2D eigenvalue weighted by Crippen LogP contribution is 2.57. The number of carbonyl (C=O) groups is 3. The average molecular weight is 480 g/mol. The molecular formula is C26H30FN5O3. The van der Waals surface area contributed by atoms with Crippen LogP contribution in [-0.2, 0) is 4.79 Å². The fourth-order valence-electron chi connectivity index (χ4n) is 6.78. The van der Waals surface area contributed by atoms with Gasteiger partial charge in [-0.3, -0.25) is 14.4 Å². The van der Waals surface area contributed by atoms with Gasteiger partial charge in [0.25, 0.3) is 11.8 Å². The Morgan fingerprint density at radius 1 is 0.971 bits per heavy atom. The second-order valence-corrected chi connectivity index (χ2v) is 10.5. The molecule has 4 bridgehead atoms. The summed E-state index contributed by atoms with van der Waals surface area (Å²) >= 11 is 0. The van der Waals surface area contributed by atoms with Crippen LogP contribution in [-0.4, -0.2) is 40.3 Å². The number of primary amides is 1. The summed E-state index contributed by atoms with van der Waals surface area (Å²) < 4.78 is 13.7. The summed E-state index contributed by atoms with van der Waals surface area (Å²) in [6.45, 7) is 0.342. The van der Waals surface area contributed by atoms with Gasteiger partial charge < -0.3 is 21.7 Å². The third kappa shape index (κ3) is 4.99. The van der Waals surface area contributed by atoms with Crippen LogP contribution in [0.2, 0.25) is 0 Å². The maximum absolute atomic E-state index is 13.7. The van der Waals surface area contributed by atoms with Crippen LogP contribution < -0.4 is 21.7 Å². The Morgan fingerprint density at radius 2 is 1.63 bits per heavy atom. The van der Waals surface area contributed by atoms with Crippen molar-refractivity contribution in [1.82, 2.24) is 15.6 Å². The van der Waals surface area contributed by atoms with Crippen molar-refractivity contribution in [1.29, 1.82) is 0 Å². The Kier molecular flexibility index (Phi) is 5.94. The van der Waals surface area contributed by atoms with E-state index in [0.717, 1.165) is 32.1 Å². The first kappa shape index (κ1) is 23.3. The Hall–Kier alpha value is -3.49. The average Bonchev–Trinajstić information content (AvgIpc) is 2.77. The molecule has 4 fully saturated rings. The predicted octanol–water partition coefficient (Wildman–Crippen LogP) is 2.76. The molecule has 6 rings (SSSR count). The summed E-state index contributed by atoms with van der Waals surface area (Å²) in [5, 5.41) is 9.51. The maximum atomic E-state index is 13.7. The second kappa shape index (κ2) is 8.94. The fourth-order valence-corrected chi connectivity index (χ4v) is 6.78. The van der Waals surface area contributed by atoms with Gasteiger partial charge in [-0.05, 0) is 80.7 Å². The number of nitrogens with zero attached hydrogens (tertiary/aromatic N) is 1. The van der Waals surface area contributed by atoms with Crippen LogP contribution >= 0.6 is 0 Å². The van der Waals surface area contributed by atoms with E-state index in [1.807, 2.05) is 0 Å². The van der Waals surface area contributed by atoms with Crippen molar-refractivity contribution in [2.75, 3.05) is 11.9 Å². The summed E-state index contributed by atoms with van der Waals surface area (Å²) in [5.41, 5.74) is 4.96. The van der Waals surface area contributed by atoms with E-state index in [0.29, 0.717) is 41.9 Å². The highest BCUT2D eigenvalue weighted by atomic mass is 19.1. The first-order valence-corrected chi connectivity index (χ1v) is 12.1. The SMILES string of the molecule is NC(=O)CCNc1cccc(C(=O)NC23CC4CC(CC(NC(=O)c5cccc(F)c5)(C4)C2)C3)n1. The molecule has 0 aliphatic heterocycles. The van der Waals surface area contributed by atoms with E-state index >= 15 is 0 Å². The van der Waals surface area contributed by atoms with E-state index in [1.165, 1.54) is 18.2 Å². The lowest BCUT2D eigenvalue weighted by Gasteiger charge is -2.62. The van der Waals surface area contributed by atoms with E-state index in [1.54, 1.807) is 24.3 Å². The lowest BCUT2D eigenvalue weighted by atomic mass is 9.49. The summed E-state index contributed by atoms with van der Waals surface area (Å²) in [7, 11) is 0. The Balaban J connectivity index is 1.30. The van der Waals surface area contributed by atoms with Crippen LogP contribution in [0.15, 0.2) is 42.5 Å². The Bertz CT molecular complexity index is 1160. The molecule has 1 heterocycles. The predicted molar refractivity (Wildman–Crippen MR) is 128 cm³/mol. The van der Waals surface area contributed by atoms with Crippen LogP contribution in [0.25, 0.3) is 0 Å². The quantitative estimate of drug-likeness (QED) is 0.463. The van der Waals surface area contributed by atoms with Crippen LogP contribution in [0.4, 0.5) is 10.2 Å². The zero-order chi connectivity index (χ0) is 24.6. The molecule has 2 atom stereocenters. The zero-order valence-corrected chi connectivity index (χ0v) is 19.5. The minimum Gasteiger partial charge on any atom is -0.370 e. The molecule has 5 N–H and O–H groups in total. The number of nitrogens with two attached hydrogens (primary N) is 1. The van der Waals surface area contributed by atoms with Crippen molar-refractivity contribution >= 4 is 23.5 Å². The molecule has 1 aromatic heterocycles. The normalized spacial score (nSPS) is 28.4. The van der Waals surface area contributed by atoms with Gasteiger partial charge in [0.1, 0.15) is 17.3 Å². The van der Waals surface area contributed by atoms with Gasteiger partial charge in [-0.25, -0.2) is 9.37 Å². The molecule has 35 heavy (non-hydrogen) atoms. The summed E-state index contributed by atoms with van der Waals surface area (Å²) in [6.07, 6.45) is 5.43. The number of hydrogen-bond donors (Lipinski definition) is 4. The number of benzene rings is 1. The number of pyridine rings is 1. The largest absolute Gasteiger partial charge is 0.370 e. The third-order valence-electron chi connectivity index (χ3n) is 7.56. The number of rotatable bonds is 8. The van der Waals surface area contributed by atoms with E-state index in [-0.39, 0.29) is 18.2 Å². The van der Waals surface area contributed by atoms with E-state index in [9.17, 15) is 18.8 Å². The molecule has 0 spiro atoms. The van der Waals surface area contributed by atoms with Crippen LogP contribution in [0, 0.1) is 17.7 Å². The molecular weight excluding hydrogens is 449 g/mol. The van der Waals surface area contributed by atoms with Gasteiger partial charge >= 0.3 is 0 Å². The van der Waals surface area contributed by atoms with Crippen molar-refractivity contribution in [2.45, 2.75) is 56.0 Å². The minimum absolute atomic E-state index is 0.174. The van der Waals surface area contributed by atoms with E-state index in [4.69, 9.17) is 5.73 Å². The summed E-state index contributed by atoms with van der Waals surface area (Å²) in [6, 6.07) is 10.9. The lowest BCUT2D eigenvalue weighted by Crippen LogP contribution is -2.69. The van der Waals surface area contributed by atoms with Crippen molar-refractivity contribution < 1.29 is 18.8 Å². The van der Waals surface area contributed by atoms with Crippen molar-refractivity contribution in [3.63, 3.8) is 0 Å². The van der Waals surface area contributed by atoms with Gasteiger partial charge in [-0.1, -0.05) is 12.1 Å². The smallest absolute Gasteiger partial charge is 0.270 e. The number of amides is 3. The summed E-state index contributed by atoms with van der Waals surface area (Å²) in [5.74, 6) is -0.0414. The van der Waals surface area contributed by atoms with Crippen LogP contribution in [0.1, 0.15) is 65.8 Å². The first-order valence-electron chi connectivity index (χ1n) is 12.1. The highest BCUT2D eigenvalue weighted by molar-refractivity contribution is 5.95. The molecule has 2 unspecified atom stereocenters. The third-order valence-corrected chi connectivity index (χ3v) is 7.56. The Labute approximate surface area is 203 Å². The van der Waals surface area contributed by atoms with Gasteiger partial charge in [0.05, 0.1) is 0 Å². The number of hydrogen-bond acceptors (Lipinski definition) is 5. The number of nitrogens with one attached hydrogen (secondary N) is 3. The monoisotopic (exact) mass is 479 g/mol. The van der Waals surface area contributed by atoms with Crippen LogP contribution in [0.5, 0.6) is 0 Å². The van der Waals surface area contributed by atoms with Crippen molar-refractivity contribution in [3.05, 3.63) is 59.5 Å². The fraction of sp³-hybridized carbons (Fsp3) is 0.462. The van der Waals surface area contributed by atoms with Gasteiger partial charge in [-0.15, -0.1) is 0 Å².